The van der Waals surface area contributed by atoms with Crippen LogP contribution in [0.4, 0.5) is 11.4 Å². The van der Waals surface area contributed by atoms with E-state index in [2.05, 4.69) is 96.8 Å². The second kappa shape index (κ2) is 16.4. The molecule has 0 aromatic heterocycles. The molecule has 2 aliphatic heterocycles. The van der Waals surface area contributed by atoms with Crippen LogP contribution in [0, 0.1) is 24.7 Å². The highest BCUT2D eigenvalue weighted by atomic mass is 16.5. The summed E-state index contributed by atoms with van der Waals surface area (Å²) < 4.78 is 12.7. The maximum absolute atomic E-state index is 13.6. The molecular formula is C65H36N2O6. The van der Waals surface area contributed by atoms with Gasteiger partial charge in [0.2, 0.25) is 0 Å². The Kier molecular flexibility index (Phi) is 9.63. The van der Waals surface area contributed by atoms with E-state index in [0.29, 0.717) is 56.6 Å². The molecule has 2 heterocycles. The van der Waals surface area contributed by atoms with E-state index in [0.717, 1.165) is 42.5 Å². The number of fused-ring (bicyclic) bond motifs is 7. The predicted molar refractivity (Wildman–Crippen MR) is 283 cm³/mol. The number of nitrogens with zero attached hydrogens (tertiary/aromatic N) is 2. The van der Waals surface area contributed by atoms with Gasteiger partial charge in [0.15, 0.2) is 0 Å². The molecule has 0 saturated heterocycles. The molecule has 8 nitrogen and oxygen atoms in total. The lowest BCUT2D eigenvalue weighted by Gasteiger charge is -2.34. The molecule has 0 unspecified atom stereocenters. The molecule has 10 aromatic carbocycles. The van der Waals surface area contributed by atoms with Crippen molar-refractivity contribution in [3.63, 3.8) is 0 Å². The third kappa shape index (κ3) is 6.67. The largest absolute Gasteiger partial charge is 0.457 e. The molecular weight excluding hydrogens is 905 g/mol. The molecule has 0 spiro atoms. The van der Waals surface area contributed by atoms with Crippen molar-refractivity contribution >= 4 is 56.5 Å². The van der Waals surface area contributed by atoms with Gasteiger partial charge in [-0.15, -0.1) is 12.8 Å². The lowest BCUT2D eigenvalue weighted by Crippen LogP contribution is -2.29. The SMILES string of the molecule is C#Cc1cccc(N2C(=O)c3ccc(Oc4ccc5cc(C6(c7ccc8cc(Oc9ccc%10c(c9)C(=O)N(c9cccc(C#C)c9)C%10=O)ccc8c7)c7ccccc7-c7ccccc76)ccc5c4)cc3C2=O)c1. The van der Waals surface area contributed by atoms with Gasteiger partial charge in [-0.1, -0.05) is 109 Å². The molecule has 4 amide bonds. The maximum atomic E-state index is 13.6. The van der Waals surface area contributed by atoms with Crippen molar-refractivity contribution in [1.29, 1.82) is 0 Å². The number of imide groups is 2. The lowest BCUT2D eigenvalue weighted by atomic mass is 9.67. The van der Waals surface area contributed by atoms with Gasteiger partial charge in [-0.3, -0.25) is 19.2 Å². The summed E-state index contributed by atoms with van der Waals surface area (Å²) in [7, 11) is 0. The Morgan fingerprint density at radius 1 is 0.342 bits per heavy atom. The second-order valence-corrected chi connectivity index (χ2v) is 18.2. The average molecular weight is 941 g/mol. The Hall–Kier alpha value is -10.3. The van der Waals surface area contributed by atoms with E-state index in [-0.39, 0.29) is 11.1 Å². The Morgan fingerprint density at radius 3 is 1.18 bits per heavy atom. The molecule has 8 heteroatoms. The van der Waals surface area contributed by atoms with Gasteiger partial charge in [0, 0.05) is 11.1 Å². The molecule has 13 rings (SSSR count). The zero-order valence-corrected chi connectivity index (χ0v) is 38.6. The fourth-order valence-corrected chi connectivity index (χ4v) is 10.8. The van der Waals surface area contributed by atoms with Gasteiger partial charge in [-0.2, -0.15) is 0 Å². The summed E-state index contributed by atoms with van der Waals surface area (Å²) in [6.07, 6.45) is 11.2. The number of amides is 4. The fraction of sp³-hybridized carbons (Fsp3) is 0.0154. The first-order chi connectivity index (χ1) is 35.7. The average Bonchev–Trinajstić information content (AvgIpc) is 3.97. The molecule has 73 heavy (non-hydrogen) atoms. The van der Waals surface area contributed by atoms with Crippen LogP contribution >= 0.6 is 0 Å². The number of hydrogen-bond acceptors (Lipinski definition) is 6. The zero-order valence-electron chi connectivity index (χ0n) is 38.6. The molecule has 0 atom stereocenters. The van der Waals surface area contributed by atoms with E-state index in [1.54, 1.807) is 84.9 Å². The van der Waals surface area contributed by atoms with Crippen molar-refractivity contribution in [2.24, 2.45) is 0 Å². The molecule has 342 valence electrons. The number of carbonyl (C=O) groups is 4. The van der Waals surface area contributed by atoms with Gasteiger partial charge in [0.25, 0.3) is 23.6 Å². The topological polar surface area (TPSA) is 93.2 Å². The molecule has 0 N–H and O–H groups in total. The monoisotopic (exact) mass is 940 g/mol. The van der Waals surface area contributed by atoms with Gasteiger partial charge in [-0.05, 0) is 164 Å². The Labute approximate surface area is 419 Å². The summed E-state index contributed by atoms with van der Waals surface area (Å²) in [4.78, 5) is 56.3. The molecule has 10 aromatic rings. The van der Waals surface area contributed by atoms with Crippen LogP contribution in [0.25, 0.3) is 32.7 Å². The van der Waals surface area contributed by atoms with E-state index in [1.807, 2.05) is 36.4 Å². The summed E-state index contributed by atoms with van der Waals surface area (Å²) >= 11 is 0. The third-order valence-corrected chi connectivity index (χ3v) is 14.2. The van der Waals surface area contributed by atoms with Crippen molar-refractivity contribution < 1.29 is 28.7 Å². The van der Waals surface area contributed by atoms with Crippen LogP contribution in [0.15, 0.2) is 206 Å². The smallest absolute Gasteiger partial charge is 0.266 e. The molecule has 3 aliphatic rings. The van der Waals surface area contributed by atoms with E-state index in [1.165, 1.54) is 22.3 Å². The van der Waals surface area contributed by atoms with Gasteiger partial charge >= 0.3 is 0 Å². The van der Waals surface area contributed by atoms with Crippen LogP contribution < -0.4 is 19.3 Å². The van der Waals surface area contributed by atoms with Crippen LogP contribution in [0.1, 0.15) is 74.8 Å². The van der Waals surface area contributed by atoms with Crippen LogP contribution in [0.3, 0.4) is 0 Å². The summed E-state index contributed by atoms with van der Waals surface area (Å²) in [6, 6.07) is 65.7. The van der Waals surface area contributed by atoms with Crippen LogP contribution in [0.5, 0.6) is 23.0 Å². The number of terminal acetylenes is 2. The van der Waals surface area contributed by atoms with Crippen molar-refractivity contribution in [1.82, 2.24) is 0 Å². The van der Waals surface area contributed by atoms with Gasteiger partial charge in [0.05, 0.1) is 39.0 Å². The number of hydrogen-bond donors (Lipinski definition) is 0. The standard InChI is InChI=1S/C65H36N2O6/c1-3-39-11-9-13-47(31-39)66-61(68)55-29-27-51(37-57(55)63(66)70)72-49-25-21-41-33-45(23-19-43(41)35-49)65(59-17-7-5-15-53(59)54-16-6-8-18-60(54)65)46-24-20-44-36-50(26-22-42(44)34-46)73-52-28-30-56-58(38-52)64(71)67(62(56)69)48-14-10-12-40(4-2)32-48/h1-2,5-38H. The predicted octanol–water partition coefficient (Wildman–Crippen LogP) is 13.5. The van der Waals surface area contributed by atoms with Crippen molar-refractivity contribution in [2.45, 2.75) is 5.41 Å². The van der Waals surface area contributed by atoms with E-state index in [9.17, 15) is 19.2 Å². The number of ether oxygens (including phenoxy) is 2. The summed E-state index contributed by atoms with van der Waals surface area (Å²) in [5.41, 5.74) is 9.27. The summed E-state index contributed by atoms with van der Waals surface area (Å²) in [6.45, 7) is 0. The highest BCUT2D eigenvalue weighted by Crippen LogP contribution is 2.56. The summed E-state index contributed by atoms with van der Waals surface area (Å²) in [5.74, 6) is 5.42. The highest BCUT2D eigenvalue weighted by molar-refractivity contribution is 6.35. The molecule has 0 bridgehead atoms. The van der Waals surface area contributed by atoms with E-state index in [4.69, 9.17) is 22.3 Å². The Bertz CT molecular complexity index is 3920. The minimum absolute atomic E-state index is 0.259. The van der Waals surface area contributed by atoms with Crippen LogP contribution in [-0.2, 0) is 5.41 Å². The number of carbonyl (C=O) groups excluding carboxylic acids is 4. The molecule has 0 fully saturated rings. The first kappa shape index (κ1) is 42.8. The van der Waals surface area contributed by atoms with Gasteiger partial charge in [0.1, 0.15) is 23.0 Å². The molecule has 1 aliphatic carbocycles. The summed E-state index contributed by atoms with van der Waals surface area (Å²) in [5, 5.41) is 3.94. The van der Waals surface area contributed by atoms with Gasteiger partial charge in [-0.25, -0.2) is 9.80 Å². The Balaban J connectivity index is 0.820. The van der Waals surface area contributed by atoms with Crippen molar-refractivity contribution in [3.8, 4) is 58.8 Å². The van der Waals surface area contributed by atoms with Crippen molar-refractivity contribution in [3.05, 3.63) is 262 Å². The normalized spacial score (nSPS) is 13.9. The fourth-order valence-electron chi connectivity index (χ4n) is 10.8. The maximum Gasteiger partial charge on any atom is 0.266 e. The van der Waals surface area contributed by atoms with Gasteiger partial charge < -0.3 is 9.47 Å². The Morgan fingerprint density at radius 2 is 0.726 bits per heavy atom. The minimum atomic E-state index is -0.686. The molecule has 0 radical (unpaired) electrons. The second-order valence-electron chi connectivity index (χ2n) is 18.2. The van der Waals surface area contributed by atoms with Crippen molar-refractivity contribution in [2.75, 3.05) is 9.80 Å². The minimum Gasteiger partial charge on any atom is -0.457 e. The van der Waals surface area contributed by atoms with Crippen LogP contribution in [-0.4, -0.2) is 23.6 Å². The highest BCUT2D eigenvalue weighted by Gasteiger charge is 2.46. The quantitative estimate of drug-likeness (QED) is 0.111. The molecule has 0 saturated carbocycles. The van der Waals surface area contributed by atoms with Crippen LogP contribution in [0.2, 0.25) is 0 Å². The first-order valence-corrected chi connectivity index (χ1v) is 23.5. The lowest BCUT2D eigenvalue weighted by molar-refractivity contribution is 0.0910. The first-order valence-electron chi connectivity index (χ1n) is 23.5. The van der Waals surface area contributed by atoms with E-state index < -0.39 is 29.0 Å². The number of benzene rings is 10. The zero-order chi connectivity index (χ0) is 49.5. The number of anilines is 2. The van der Waals surface area contributed by atoms with E-state index >= 15 is 0 Å². The third-order valence-electron chi connectivity index (χ3n) is 14.2. The number of rotatable bonds is 8.